The van der Waals surface area contributed by atoms with Gasteiger partial charge in [0.1, 0.15) is 11.3 Å². The maximum atomic E-state index is 12.8. The molecule has 0 aliphatic rings. The molecule has 128 valence electrons. The van der Waals surface area contributed by atoms with Crippen LogP contribution in [-0.2, 0) is 6.42 Å². The summed E-state index contributed by atoms with van der Waals surface area (Å²) in [5.74, 6) is 0.0781. The van der Waals surface area contributed by atoms with Gasteiger partial charge >= 0.3 is 5.63 Å². The number of hydrogen-bond acceptors (Lipinski definition) is 3. The van der Waals surface area contributed by atoms with Gasteiger partial charge in [-0.1, -0.05) is 60.2 Å². The Labute approximate surface area is 151 Å². The lowest BCUT2D eigenvalue weighted by Crippen LogP contribution is -2.08. The van der Waals surface area contributed by atoms with Gasteiger partial charge in [-0.25, -0.2) is 4.79 Å². The number of aromatic hydroxyl groups is 1. The highest BCUT2D eigenvalue weighted by Gasteiger charge is 2.17. The molecule has 0 amide bonds. The highest BCUT2D eigenvalue weighted by molar-refractivity contribution is 5.88. The van der Waals surface area contributed by atoms with Crippen LogP contribution in [0.3, 0.4) is 0 Å². The number of phenols is 1. The summed E-state index contributed by atoms with van der Waals surface area (Å²) in [6.45, 7) is 2.01. The molecule has 3 aromatic carbocycles. The molecule has 1 aromatic heterocycles. The van der Waals surface area contributed by atoms with Crippen LogP contribution >= 0.6 is 0 Å². The van der Waals surface area contributed by atoms with E-state index in [2.05, 4.69) is 0 Å². The van der Waals surface area contributed by atoms with E-state index in [4.69, 9.17) is 4.42 Å². The average molecular weight is 342 g/mol. The fourth-order valence-corrected chi connectivity index (χ4v) is 3.25. The lowest BCUT2D eigenvalue weighted by Gasteiger charge is -2.12. The van der Waals surface area contributed by atoms with Crippen molar-refractivity contribution in [2.24, 2.45) is 0 Å². The third kappa shape index (κ3) is 3.00. The zero-order valence-corrected chi connectivity index (χ0v) is 14.4. The van der Waals surface area contributed by atoms with Crippen LogP contribution in [0.4, 0.5) is 0 Å². The summed E-state index contributed by atoms with van der Waals surface area (Å²) < 4.78 is 5.52. The smallest absolute Gasteiger partial charge is 0.344 e. The van der Waals surface area contributed by atoms with Crippen LogP contribution in [0.5, 0.6) is 5.75 Å². The first kappa shape index (κ1) is 16.2. The monoisotopic (exact) mass is 342 g/mol. The summed E-state index contributed by atoms with van der Waals surface area (Å²) in [6.07, 6.45) is 0.608. The molecule has 1 N–H and O–H groups in total. The predicted octanol–water partition coefficient (Wildman–Crippen LogP) is 5.06. The Bertz CT molecular complexity index is 1120. The third-order valence-corrected chi connectivity index (χ3v) is 4.56. The molecule has 3 heteroatoms. The molecule has 0 fully saturated rings. The van der Waals surface area contributed by atoms with E-state index in [9.17, 15) is 9.90 Å². The Morgan fingerprint density at radius 3 is 2.38 bits per heavy atom. The van der Waals surface area contributed by atoms with Crippen LogP contribution in [0.1, 0.15) is 16.7 Å². The van der Waals surface area contributed by atoms with E-state index in [0.717, 1.165) is 27.6 Å². The van der Waals surface area contributed by atoms with E-state index < -0.39 is 5.63 Å². The van der Waals surface area contributed by atoms with Gasteiger partial charge in [-0.05, 0) is 42.2 Å². The van der Waals surface area contributed by atoms with Gasteiger partial charge in [0, 0.05) is 11.5 Å². The maximum Gasteiger partial charge on any atom is 0.344 e. The third-order valence-electron chi connectivity index (χ3n) is 4.56. The van der Waals surface area contributed by atoms with Gasteiger partial charge in [0.2, 0.25) is 0 Å². The van der Waals surface area contributed by atoms with Crippen molar-refractivity contribution in [2.75, 3.05) is 0 Å². The Balaban J connectivity index is 2.01. The zero-order valence-electron chi connectivity index (χ0n) is 14.4. The van der Waals surface area contributed by atoms with Gasteiger partial charge in [-0.2, -0.15) is 0 Å². The van der Waals surface area contributed by atoms with E-state index in [1.807, 2.05) is 67.6 Å². The molecule has 0 aliphatic carbocycles. The number of hydrogen-bond donors (Lipinski definition) is 1. The minimum atomic E-state index is -0.391. The first-order valence-electron chi connectivity index (χ1n) is 8.51. The Hall–Kier alpha value is -3.33. The summed E-state index contributed by atoms with van der Waals surface area (Å²) in [5, 5.41) is 10.6. The first-order chi connectivity index (χ1) is 12.6. The molecule has 4 aromatic rings. The molecule has 0 saturated carbocycles. The highest BCUT2D eigenvalue weighted by atomic mass is 16.4. The maximum absolute atomic E-state index is 12.8. The Kier molecular flexibility index (Phi) is 4.05. The molecular weight excluding hydrogens is 324 g/mol. The lowest BCUT2D eigenvalue weighted by molar-refractivity contribution is 0.473. The van der Waals surface area contributed by atoms with Crippen LogP contribution in [0.2, 0.25) is 0 Å². The Morgan fingerprint density at radius 2 is 1.65 bits per heavy atom. The molecule has 3 nitrogen and oxygen atoms in total. The number of phenolic OH excluding ortho intramolecular Hbond substituents is 1. The standard InChI is InChI=1S/C23H18O3/c1-15-7-9-17(10-8-15)22-20(13-16-5-3-2-4-6-16)19-12-11-18(24)14-21(19)26-23(22)25/h2-12,14,24H,13H2,1H3. The van der Waals surface area contributed by atoms with Crippen LogP contribution in [-0.4, -0.2) is 5.11 Å². The fraction of sp³-hybridized carbons (Fsp3) is 0.0870. The molecule has 1 heterocycles. The van der Waals surface area contributed by atoms with Crippen LogP contribution in [0.25, 0.3) is 22.1 Å². The van der Waals surface area contributed by atoms with E-state index in [1.54, 1.807) is 6.07 Å². The lowest BCUT2D eigenvalue weighted by atomic mass is 9.93. The summed E-state index contributed by atoms with van der Waals surface area (Å²) in [4.78, 5) is 12.8. The van der Waals surface area contributed by atoms with Crippen molar-refractivity contribution < 1.29 is 9.52 Å². The topological polar surface area (TPSA) is 50.4 Å². The quantitative estimate of drug-likeness (QED) is 0.529. The molecule has 0 saturated heterocycles. The molecular formula is C23H18O3. The van der Waals surface area contributed by atoms with Crippen LogP contribution in [0.15, 0.2) is 82.0 Å². The van der Waals surface area contributed by atoms with E-state index >= 15 is 0 Å². The molecule has 0 radical (unpaired) electrons. The summed E-state index contributed by atoms with van der Waals surface area (Å²) >= 11 is 0. The van der Waals surface area contributed by atoms with Gasteiger partial charge in [-0.3, -0.25) is 0 Å². The first-order valence-corrected chi connectivity index (χ1v) is 8.51. The van der Waals surface area contributed by atoms with E-state index in [1.165, 1.54) is 6.07 Å². The average Bonchev–Trinajstić information content (AvgIpc) is 2.63. The van der Waals surface area contributed by atoms with Crippen LogP contribution < -0.4 is 5.63 Å². The van der Waals surface area contributed by atoms with Gasteiger partial charge in [0.25, 0.3) is 0 Å². The van der Waals surface area contributed by atoms with Crippen molar-refractivity contribution in [1.29, 1.82) is 0 Å². The van der Waals surface area contributed by atoms with Crippen molar-refractivity contribution in [3.05, 3.63) is 99.9 Å². The molecule has 26 heavy (non-hydrogen) atoms. The number of fused-ring (bicyclic) bond motifs is 1. The zero-order chi connectivity index (χ0) is 18.1. The largest absolute Gasteiger partial charge is 0.508 e. The Morgan fingerprint density at radius 1 is 0.923 bits per heavy atom. The van der Waals surface area contributed by atoms with Crippen molar-refractivity contribution in [3.63, 3.8) is 0 Å². The molecule has 0 aliphatic heterocycles. The number of rotatable bonds is 3. The van der Waals surface area contributed by atoms with Gasteiger partial charge in [-0.15, -0.1) is 0 Å². The minimum absolute atomic E-state index is 0.0781. The van der Waals surface area contributed by atoms with Crippen LogP contribution in [0, 0.1) is 6.92 Å². The minimum Gasteiger partial charge on any atom is -0.508 e. The second-order valence-electron chi connectivity index (χ2n) is 6.45. The fourth-order valence-electron chi connectivity index (χ4n) is 3.25. The van der Waals surface area contributed by atoms with Crippen molar-refractivity contribution >= 4 is 11.0 Å². The van der Waals surface area contributed by atoms with Gasteiger partial charge in [0.15, 0.2) is 0 Å². The molecule has 0 bridgehead atoms. The SMILES string of the molecule is Cc1ccc(-c2c(Cc3ccccc3)c3ccc(O)cc3oc2=O)cc1. The predicted molar refractivity (Wildman–Crippen MR) is 104 cm³/mol. The molecule has 0 unspecified atom stereocenters. The van der Waals surface area contributed by atoms with E-state index in [0.29, 0.717) is 17.6 Å². The van der Waals surface area contributed by atoms with Crippen molar-refractivity contribution in [3.8, 4) is 16.9 Å². The number of benzene rings is 3. The van der Waals surface area contributed by atoms with Crippen molar-refractivity contribution in [1.82, 2.24) is 0 Å². The summed E-state index contributed by atoms with van der Waals surface area (Å²) in [6, 6.07) is 22.8. The summed E-state index contributed by atoms with van der Waals surface area (Å²) in [5.41, 5.74) is 4.58. The van der Waals surface area contributed by atoms with Crippen molar-refractivity contribution in [2.45, 2.75) is 13.3 Å². The molecule has 0 atom stereocenters. The second-order valence-corrected chi connectivity index (χ2v) is 6.45. The number of aryl methyl sites for hydroxylation is 1. The van der Waals surface area contributed by atoms with E-state index in [-0.39, 0.29) is 5.75 Å². The highest BCUT2D eigenvalue weighted by Crippen LogP contribution is 2.31. The normalized spacial score (nSPS) is 11.0. The summed E-state index contributed by atoms with van der Waals surface area (Å²) in [7, 11) is 0. The second kappa shape index (κ2) is 6.52. The van der Waals surface area contributed by atoms with Gasteiger partial charge < -0.3 is 9.52 Å². The van der Waals surface area contributed by atoms with Gasteiger partial charge in [0.05, 0.1) is 5.56 Å². The molecule has 0 spiro atoms. The molecule has 4 rings (SSSR count).